The number of ether oxygens (including phenoxy) is 1. The van der Waals surface area contributed by atoms with Crippen LogP contribution < -0.4 is 15.4 Å². The topological polar surface area (TPSA) is 70.7 Å². The largest absolute Gasteiger partial charge is 0.497 e. The van der Waals surface area contributed by atoms with Crippen molar-refractivity contribution in [3.05, 3.63) is 53.6 Å². The lowest BCUT2D eigenvalue weighted by atomic mass is 10.1. The molecule has 0 aliphatic carbocycles. The molecule has 27 heavy (non-hydrogen) atoms. The molecule has 2 aromatic rings. The maximum absolute atomic E-state index is 12.8. The lowest BCUT2D eigenvalue weighted by Gasteiger charge is -2.25. The third-order valence-electron chi connectivity index (χ3n) is 4.89. The highest BCUT2D eigenvalue weighted by Crippen LogP contribution is 2.24. The molecule has 1 heterocycles. The minimum atomic E-state index is -0.470. The van der Waals surface area contributed by atoms with Crippen LogP contribution in [0.3, 0.4) is 0 Å². The number of hydrogen-bond donors (Lipinski definition) is 2. The minimum Gasteiger partial charge on any atom is -0.497 e. The number of nitrogens with one attached hydrogen (secondary N) is 2. The van der Waals surface area contributed by atoms with E-state index in [1.54, 1.807) is 36.3 Å². The van der Waals surface area contributed by atoms with Gasteiger partial charge in [-0.1, -0.05) is 18.2 Å². The van der Waals surface area contributed by atoms with Crippen molar-refractivity contribution in [2.45, 2.75) is 32.7 Å². The Bertz CT molecular complexity index is 813. The van der Waals surface area contributed by atoms with Crippen LogP contribution in [0, 0.1) is 13.8 Å². The summed E-state index contributed by atoms with van der Waals surface area (Å²) in [4.78, 5) is 27.1. The molecule has 1 aliphatic rings. The molecule has 0 saturated carbocycles. The van der Waals surface area contributed by atoms with Crippen molar-refractivity contribution in [3.63, 3.8) is 0 Å². The number of carbonyl (C=O) groups is 2. The maximum Gasteiger partial charge on any atom is 0.322 e. The Morgan fingerprint density at radius 3 is 2.33 bits per heavy atom. The first-order valence-corrected chi connectivity index (χ1v) is 9.08. The Balaban J connectivity index is 1.68. The summed E-state index contributed by atoms with van der Waals surface area (Å²) in [5.41, 5.74) is 3.51. The van der Waals surface area contributed by atoms with Crippen LogP contribution in [0.5, 0.6) is 5.75 Å². The van der Waals surface area contributed by atoms with Gasteiger partial charge in [0.2, 0.25) is 5.91 Å². The number of para-hydroxylation sites is 1. The summed E-state index contributed by atoms with van der Waals surface area (Å²) >= 11 is 0. The van der Waals surface area contributed by atoms with E-state index in [9.17, 15) is 9.59 Å². The van der Waals surface area contributed by atoms with Crippen LogP contribution >= 0.6 is 0 Å². The first-order chi connectivity index (χ1) is 13.0. The van der Waals surface area contributed by atoms with E-state index in [4.69, 9.17) is 4.74 Å². The quantitative estimate of drug-likeness (QED) is 0.860. The fourth-order valence-electron chi connectivity index (χ4n) is 3.37. The summed E-state index contributed by atoms with van der Waals surface area (Å²) in [5, 5.41) is 5.87. The zero-order valence-electron chi connectivity index (χ0n) is 15.9. The molecule has 1 saturated heterocycles. The SMILES string of the molecule is COc1ccc(NC(=O)N2CCC[C@@H]2C(=O)Nc2c(C)cccc2C)cc1. The Morgan fingerprint density at radius 1 is 1.04 bits per heavy atom. The number of benzene rings is 2. The summed E-state index contributed by atoms with van der Waals surface area (Å²) < 4.78 is 5.12. The van der Waals surface area contributed by atoms with Crippen LogP contribution in [0.25, 0.3) is 0 Å². The fraction of sp³-hybridized carbons (Fsp3) is 0.333. The average Bonchev–Trinajstić information content (AvgIpc) is 3.15. The van der Waals surface area contributed by atoms with Gasteiger partial charge < -0.3 is 20.3 Å². The van der Waals surface area contributed by atoms with E-state index in [1.165, 1.54) is 0 Å². The number of aryl methyl sites for hydroxylation is 2. The van der Waals surface area contributed by atoms with Crippen molar-refractivity contribution in [1.82, 2.24) is 4.90 Å². The Hall–Kier alpha value is -3.02. The lowest BCUT2D eigenvalue weighted by molar-refractivity contribution is -0.119. The smallest absolute Gasteiger partial charge is 0.322 e. The zero-order valence-corrected chi connectivity index (χ0v) is 15.9. The third kappa shape index (κ3) is 4.22. The molecular formula is C21H25N3O3. The average molecular weight is 367 g/mol. The van der Waals surface area contributed by atoms with Crippen LogP contribution in [-0.2, 0) is 4.79 Å². The fourth-order valence-corrected chi connectivity index (χ4v) is 3.37. The molecule has 2 aromatic carbocycles. The van der Waals surface area contributed by atoms with Gasteiger partial charge in [-0.05, 0) is 62.1 Å². The van der Waals surface area contributed by atoms with E-state index < -0.39 is 6.04 Å². The van der Waals surface area contributed by atoms with E-state index in [0.29, 0.717) is 18.7 Å². The number of carbonyl (C=O) groups excluding carboxylic acids is 2. The summed E-state index contributed by atoms with van der Waals surface area (Å²) in [6, 6.07) is 12.3. The molecule has 0 radical (unpaired) electrons. The molecule has 0 bridgehead atoms. The molecule has 2 N–H and O–H groups in total. The second-order valence-corrected chi connectivity index (χ2v) is 6.77. The number of rotatable bonds is 4. The molecule has 0 spiro atoms. The highest BCUT2D eigenvalue weighted by Gasteiger charge is 2.34. The number of hydrogen-bond acceptors (Lipinski definition) is 3. The summed E-state index contributed by atoms with van der Waals surface area (Å²) in [6.07, 6.45) is 1.47. The van der Waals surface area contributed by atoms with Gasteiger partial charge in [0.1, 0.15) is 11.8 Å². The molecule has 142 valence electrons. The maximum atomic E-state index is 12.8. The molecule has 3 rings (SSSR count). The second-order valence-electron chi connectivity index (χ2n) is 6.77. The first-order valence-electron chi connectivity index (χ1n) is 9.08. The number of amides is 3. The Labute approximate surface area is 159 Å². The van der Waals surface area contributed by atoms with Gasteiger partial charge >= 0.3 is 6.03 Å². The van der Waals surface area contributed by atoms with E-state index >= 15 is 0 Å². The van der Waals surface area contributed by atoms with Gasteiger partial charge in [0, 0.05) is 17.9 Å². The second kappa shape index (κ2) is 8.12. The van der Waals surface area contributed by atoms with Crippen molar-refractivity contribution in [2.24, 2.45) is 0 Å². The van der Waals surface area contributed by atoms with E-state index in [0.717, 1.165) is 29.0 Å². The van der Waals surface area contributed by atoms with Gasteiger partial charge in [0.15, 0.2) is 0 Å². The molecule has 6 nitrogen and oxygen atoms in total. The van der Waals surface area contributed by atoms with Gasteiger partial charge in [0.05, 0.1) is 7.11 Å². The van der Waals surface area contributed by atoms with E-state index in [1.807, 2.05) is 32.0 Å². The molecule has 1 fully saturated rings. The molecule has 0 aromatic heterocycles. The van der Waals surface area contributed by atoms with Gasteiger partial charge in [-0.3, -0.25) is 4.79 Å². The van der Waals surface area contributed by atoms with Crippen LogP contribution in [0.15, 0.2) is 42.5 Å². The molecule has 3 amide bonds. The highest BCUT2D eigenvalue weighted by atomic mass is 16.5. The van der Waals surface area contributed by atoms with Crippen molar-refractivity contribution >= 4 is 23.3 Å². The number of urea groups is 1. The first kappa shape index (κ1) is 18.8. The monoisotopic (exact) mass is 367 g/mol. The predicted octanol–water partition coefficient (Wildman–Crippen LogP) is 3.95. The third-order valence-corrected chi connectivity index (χ3v) is 4.89. The zero-order chi connectivity index (χ0) is 19.4. The number of likely N-dealkylation sites (tertiary alicyclic amines) is 1. The van der Waals surface area contributed by atoms with Gasteiger partial charge in [-0.15, -0.1) is 0 Å². The van der Waals surface area contributed by atoms with Gasteiger partial charge in [-0.2, -0.15) is 0 Å². The minimum absolute atomic E-state index is 0.144. The van der Waals surface area contributed by atoms with E-state index in [2.05, 4.69) is 10.6 Å². The van der Waals surface area contributed by atoms with Crippen LogP contribution in [0.1, 0.15) is 24.0 Å². The Morgan fingerprint density at radius 2 is 1.70 bits per heavy atom. The predicted molar refractivity (Wildman–Crippen MR) is 106 cm³/mol. The van der Waals surface area contributed by atoms with Crippen molar-refractivity contribution < 1.29 is 14.3 Å². The van der Waals surface area contributed by atoms with E-state index in [-0.39, 0.29) is 11.9 Å². The number of anilines is 2. The van der Waals surface area contributed by atoms with Gasteiger partial charge in [-0.25, -0.2) is 4.79 Å². The van der Waals surface area contributed by atoms with Crippen molar-refractivity contribution in [1.29, 1.82) is 0 Å². The van der Waals surface area contributed by atoms with Gasteiger partial charge in [0.25, 0.3) is 0 Å². The molecule has 6 heteroatoms. The Kier molecular flexibility index (Phi) is 5.64. The number of nitrogens with zero attached hydrogens (tertiary/aromatic N) is 1. The molecule has 1 aliphatic heterocycles. The lowest BCUT2D eigenvalue weighted by Crippen LogP contribution is -2.45. The summed E-state index contributed by atoms with van der Waals surface area (Å²) in [5.74, 6) is 0.579. The normalized spacial score (nSPS) is 16.1. The van der Waals surface area contributed by atoms with Crippen molar-refractivity contribution in [3.8, 4) is 5.75 Å². The number of methoxy groups -OCH3 is 1. The standard InChI is InChI=1S/C21H25N3O3/c1-14-6-4-7-15(2)19(14)23-20(25)18-8-5-13-24(18)21(26)22-16-9-11-17(27-3)12-10-16/h4,6-7,9-12,18H,5,8,13H2,1-3H3,(H,22,26)(H,23,25)/t18-/m1/s1. The van der Waals surface area contributed by atoms with Crippen LogP contribution in [0.2, 0.25) is 0 Å². The van der Waals surface area contributed by atoms with Crippen LogP contribution in [-0.4, -0.2) is 36.5 Å². The molecule has 1 atom stereocenters. The van der Waals surface area contributed by atoms with Crippen LogP contribution in [0.4, 0.5) is 16.2 Å². The van der Waals surface area contributed by atoms with Crippen molar-refractivity contribution in [2.75, 3.05) is 24.3 Å². The molecular weight excluding hydrogens is 342 g/mol. The summed E-state index contributed by atoms with van der Waals surface area (Å²) in [6.45, 7) is 4.49. The molecule has 0 unspecified atom stereocenters. The highest BCUT2D eigenvalue weighted by molar-refractivity contribution is 6.00. The summed E-state index contributed by atoms with van der Waals surface area (Å²) in [7, 11) is 1.59.